The molecule has 0 aliphatic carbocycles. The lowest BCUT2D eigenvalue weighted by Crippen LogP contribution is -2.47. The topological polar surface area (TPSA) is 32.7 Å². The van der Waals surface area contributed by atoms with Gasteiger partial charge in [0.15, 0.2) is 0 Å². The fraction of sp³-hybridized carbons (Fsp3) is 0.238. The molecule has 2 aliphatic rings. The van der Waals surface area contributed by atoms with Crippen molar-refractivity contribution >= 4 is 51.8 Å². The van der Waals surface area contributed by atoms with Crippen LogP contribution in [-0.2, 0) is 4.79 Å². The summed E-state index contributed by atoms with van der Waals surface area (Å²) in [6.45, 7) is 8.21. The largest absolute Gasteiger partial charge is 0.297 e. The second-order valence-electron chi connectivity index (χ2n) is 7.39. The third kappa shape index (κ3) is 2.50. The number of aliphatic imine (C=N–C) groups is 1. The summed E-state index contributed by atoms with van der Waals surface area (Å²) in [5.41, 5.74) is 5.83. The molecule has 0 saturated heterocycles. The number of benzene rings is 2. The van der Waals surface area contributed by atoms with E-state index in [2.05, 4.69) is 24.1 Å². The van der Waals surface area contributed by atoms with Crippen molar-refractivity contribution in [2.75, 3.05) is 4.90 Å². The molecule has 0 spiro atoms. The Morgan fingerprint density at radius 2 is 1.69 bits per heavy atom. The van der Waals surface area contributed by atoms with Crippen LogP contribution in [0.1, 0.15) is 37.5 Å². The lowest BCUT2D eigenvalue weighted by molar-refractivity contribution is -0.112. The summed E-state index contributed by atoms with van der Waals surface area (Å²) in [6, 6.07) is 9.29. The highest BCUT2D eigenvalue weighted by molar-refractivity contribution is 6.55. The zero-order valence-electron chi connectivity index (χ0n) is 15.0. The summed E-state index contributed by atoms with van der Waals surface area (Å²) < 4.78 is 0. The molecule has 3 nitrogen and oxygen atoms in total. The van der Waals surface area contributed by atoms with Gasteiger partial charge in [-0.15, -0.1) is 0 Å². The first-order valence-corrected chi connectivity index (χ1v) is 9.18. The molecule has 4 rings (SSSR count). The predicted molar refractivity (Wildman–Crippen MR) is 109 cm³/mol. The van der Waals surface area contributed by atoms with Crippen LogP contribution in [0.25, 0.3) is 5.57 Å². The second kappa shape index (κ2) is 5.70. The van der Waals surface area contributed by atoms with E-state index in [0.29, 0.717) is 21.4 Å². The van der Waals surface area contributed by atoms with E-state index < -0.39 is 5.54 Å². The maximum Gasteiger partial charge on any atom is 0.278 e. The maximum absolute atomic E-state index is 13.3. The van der Waals surface area contributed by atoms with Gasteiger partial charge in [0.25, 0.3) is 5.91 Å². The number of carbonyl (C=O) groups is 1. The Bertz CT molecular complexity index is 1030. The molecule has 2 aromatic rings. The lowest BCUT2D eigenvalue weighted by atomic mass is 9.88. The van der Waals surface area contributed by atoms with E-state index >= 15 is 0 Å². The van der Waals surface area contributed by atoms with Gasteiger partial charge in [0, 0.05) is 11.1 Å². The van der Waals surface area contributed by atoms with E-state index in [-0.39, 0.29) is 5.91 Å². The van der Waals surface area contributed by atoms with E-state index in [1.807, 2.05) is 31.7 Å². The average molecular weight is 385 g/mol. The number of allylic oxidation sites excluding steroid dienone is 1. The molecule has 0 saturated carbocycles. The van der Waals surface area contributed by atoms with Crippen molar-refractivity contribution in [3.8, 4) is 0 Å². The van der Waals surface area contributed by atoms with Gasteiger partial charge < -0.3 is 0 Å². The van der Waals surface area contributed by atoms with Crippen LogP contribution in [0.3, 0.4) is 0 Å². The molecule has 0 atom stereocenters. The van der Waals surface area contributed by atoms with Crippen LogP contribution in [0.15, 0.2) is 41.4 Å². The highest BCUT2D eigenvalue weighted by Crippen LogP contribution is 2.46. The summed E-state index contributed by atoms with van der Waals surface area (Å²) in [5, 5.41) is 0.885. The van der Waals surface area contributed by atoms with Crippen LogP contribution in [0.4, 0.5) is 11.4 Å². The fourth-order valence-electron chi connectivity index (χ4n) is 3.84. The van der Waals surface area contributed by atoms with Gasteiger partial charge in [0.1, 0.15) is 5.71 Å². The summed E-state index contributed by atoms with van der Waals surface area (Å²) >= 11 is 12.1. The van der Waals surface area contributed by atoms with Gasteiger partial charge in [0.05, 0.1) is 27.0 Å². The molecule has 0 unspecified atom stereocenters. The summed E-state index contributed by atoms with van der Waals surface area (Å²) in [7, 11) is 0. The first-order chi connectivity index (χ1) is 12.2. The smallest absolute Gasteiger partial charge is 0.278 e. The normalized spacial score (nSPS) is 19.0. The third-order valence-electron chi connectivity index (χ3n) is 4.85. The minimum atomic E-state index is -0.410. The Kier molecular flexibility index (Phi) is 3.80. The molecule has 0 bridgehead atoms. The molecule has 26 heavy (non-hydrogen) atoms. The minimum Gasteiger partial charge on any atom is -0.297 e. The number of nitrogens with zero attached hydrogens (tertiary/aromatic N) is 2. The number of halogens is 2. The summed E-state index contributed by atoms with van der Waals surface area (Å²) in [6.07, 6.45) is 2.14. The highest BCUT2D eigenvalue weighted by Gasteiger charge is 2.45. The molecule has 1 amide bonds. The van der Waals surface area contributed by atoms with E-state index in [9.17, 15) is 4.79 Å². The first-order valence-electron chi connectivity index (χ1n) is 8.42. The summed E-state index contributed by atoms with van der Waals surface area (Å²) in [4.78, 5) is 19.8. The van der Waals surface area contributed by atoms with E-state index in [1.54, 1.807) is 18.2 Å². The Morgan fingerprint density at radius 1 is 1.00 bits per heavy atom. The number of amides is 1. The van der Waals surface area contributed by atoms with E-state index in [0.717, 1.165) is 22.4 Å². The standard InChI is InChI=1S/C21H18Cl2N2O/c1-11-7-14-12(2)10-21(3,4)25-19(14)15(8-11)18(20(25)26)24-13-5-6-16(22)17(23)9-13/h5-10H,1-4H3. The molecule has 0 N–H and O–H groups in total. The molecule has 0 radical (unpaired) electrons. The molecule has 0 aromatic heterocycles. The van der Waals surface area contributed by atoms with Gasteiger partial charge in [-0.25, -0.2) is 4.99 Å². The monoisotopic (exact) mass is 384 g/mol. The Morgan fingerprint density at radius 3 is 2.38 bits per heavy atom. The molecule has 2 heterocycles. The van der Waals surface area contributed by atoms with Crippen molar-refractivity contribution in [2.24, 2.45) is 4.99 Å². The number of anilines is 1. The summed E-state index contributed by atoms with van der Waals surface area (Å²) in [5.74, 6) is -0.0910. The Hall–Kier alpha value is -2.10. The molecule has 5 heteroatoms. The second-order valence-corrected chi connectivity index (χ2v) is 8.20. The van der Waals surface area contributed by atoms with Crippen LogP contribution in [0.2, 0.25) is 10.0 Å². The van der Waals surface area contributed by atoms with Crippen LogP contribution < -0.4 is 4.90 Å². The van der Waals surface area contributed by atoms with Crippen LogP contribution >= 0.6 is 23.2 Å². The lowest BCUT2D eigenvalue weighted by Gasteiger charge is -2.38. The van der Waals surface area contributed by atoms with E-state index in [1.165, 1.54) is 5.57 Å². The van der Waals surface area contributed by atoms with E-state index in [4.69, 9.17) is 23.2 Å². The number of aryl methyl sites for hydroxylation is 1. The van der Waals surface area contributed by atoms with Crippen LogP contribution in [0.5, 0.6) is 0 Å². The number of carbonyl (C=O) groups excluding carboxylic acids is 1. The first kappa shape index (κ1) is 17.3. The molecule has 2 aliphatic heterocycles. The minimum absolute atomic E-state index is 0.0910. The number of rotatable bonds is 1. The molecule has 132 valence electrons. The van der Waals surface area contributed by atoms with Crippen molar-refractivity contribution in [1.82, 2.24) is 0 Å². The van der Waals surface area contributed by atoms with Gasteiger partial charge in [-0.1, -0.05) is 29.3 Å². The van der Waals surface area contributed by atoms with Crippen LogP contribution in [-0.4, -0.2) is 17.2 Å². The Balaban J connectivity index is 1.97. The van der Waals surface area contributed by atoms with Gasteiger partial charge in [-0.05, 0) is 69.2 Å². The van der Waals surface area contributed by atoms with Crippen molar-refractivity contribution in [2.45, 2.75) is 33.2 Å². The van der Waals surface area contributed by atoms with Crippen molar-refractivity contribution in [3.63, 3.8) is 0 Å². The number of hydrogen-bond acceptors (Lipinski definition) is 2. The quantitative estimate of drug-likeness (QED) is 0.596. The van der Waals surface area contributed by atoms with Crippen LogP contribution in [0, 0.1) is 6.92 Å². The molecule has 0 fully saturated rings. The van der Waals surface area contributed by atoms with Gasteiger partial charge >= 0.3 is 0 Å². The molecular formula is C21H18Cl2N2O. The Labute approximate surface area is 162 Å². The van der Waals surface area contributed by atoms with Gasteiger partial charge in [0.2, 0.25) is 0 Å². The van der Waals surface area contributed by atoms with Gasteiger partial charge in [-0.2, -0.15) is 0 Å². The fourth-order valence-corrected chi connectivity index (χ4v) is 4.13. The average Bonchev–Trinajstić information content (AvgIpc) is 2.82. The zero-order chi connectivity index (χ0) is 18.8. The maximum atomic E-state index is 13.3. The SMILES string of the molecule is CC1=CC(C)(C)N2C(=O)C(=Nc3ccc(Cl)c(Cl)c3)c3cc(C)cc1c32. The number of hydrogen-bond donors (Lipinski definition) is 0. The third-order valence-corrected chi connectivity index (χ3v) is 5.59. The van der Waals surface area contributed by atoms with Crippen molar-refractivity contribution in [1.29, 1.82) is 0 Å². The van der Waals surface area contributed by atoms with Crippen molar-refractivity contribution in [3.05, 3.63) is 63.1 Å². The highest BCUT2D eigenvalue weighted by atomic mass is 35.5. The van der Waals surface area contributed by atoms with Gasteiger partial charge in [-0.3, -0.25) is 9.69 Å². The zero-order valence-corrected chi connectivity index (χ0v) is 16.5. The molecule has 2 aromatic carbocycles. The molecular weight excluding hydrogens is 367 g/mol. The predicted octanol–water partition coefficient (Wildman–Crippen LogP) is 5.96. The van der Waals surface area contributed by atoms with Crippen molar-refractivity contribution < 1.29 is 4.79 Å².